The summed E-state index contributed by atoms with van der Waals surface area (Å²) in [7, 11) is 1.94. The molecule has 94 valence electrons. The van der Waals surface area contributed by atoms with Crippen LogP contribution in [0.4, 0.5) is 5.69 Å². The Morgan fingerprint density at radius 3 is 2.78 bits per heavy atom. The standard InChI is InChI=1S/C13H15BrN4/c1-7-8(14)5-6-9-10(7)11-12(13(2,3)15-9)16-17-18(11)4/h5-6,15H,1-4H3. The van der Waals surface area contributed by atoms with Crippen LogP contribution in [-0.4, -0.2) is 15.0 Å². The maximum absolute atomic E-state index is 4.31. The average molecular weight is 307 g/mol. The fraction of sp³-hybridized carbons (Fsp3) is 0.385. The summed E-state index contributed by atoms with van der Waals surface area (Å²) in [6, 6.07) is 4.18. The van der Waals surface area contributed by atoms with Crippen LogP contribution >= 0.6 is 15.9 Å². The molecule has 0 fully saturated rings. The lowest BCUT2D eigenvalue weighted by Crippen LogP contribution is -2.32. The van der Waals surface area contributed by atoms with Crippen molar-refractivity contribution in [2.75, 3.05) is 5.32 Å². The summed E-state index contributed by atoms with van der Waals surface area (Å²) in [4.78, 5) is 0. The highest BCUT2D eigenvalue weighted by Gasteiger charge is 2.35. The average Bonchev–Trinajstić information content (AvgIpc) is 2.67. The van der Waals surface area contributed by atoms with Crippen molar-refractivity contribution in [1.82, 2.24) is 15.0 Å². The molecule has 18 heavy (non-hydrogen) atoms. The summed E-state index contributed by atoms with van der Waals surface area (Å²) in [5, 5.41) is 12.0. The number of aryl methyl sites for hydroxylation is 1. The van der Waals surface area contributed by atoms with Crippen molar-refractivity contribution in [3.63, 3.8) is 0 Å². The van der Waals surface area contributed by atoms with Crippen molar-refractivity contribution in [2.45, 2.75) is 26.3 Å². The van der Waals surface area contributed by atoms with Gasteiger partial charge in [0, 0.05) is 22.8 Å². The van der Waals surface area contributed by atoms with Gasteiger partial charge in [-0.15, -0.1) is 5.10 Å². The van der Waals surface area contributed by atoms with E-state index in [9.17, 15) is 0 Å². The van der Waals surface area contributed by atoms with E-state index >= 15 is 0 Å². The van der Waals surface area contributed by atoms with Crippen LogP contribution in [0.25, 0.3) is 11.3 Å². The lowest BCUT2D eigenvalue weighted by Gasteiger charge is -2.33. The predicted molar refractivity (Wildman–Crippen MR) is 75.5 cm³/mol. The molecule has 0 aliphatic carbocycles. The molecule has 2 heterocycles. The van der Waals surface area contributed by atoms with Gasteiger partial charge in [-0.2, -0.15) is 0 Å². The minimum Gasteiger partial charge on any atom is -0.374 e. The van der Waals surface area contributed by atoms with Crippen LogP contribution in [0.1, 0.15) is 25.1 Å². The normalized spacial score (nSPS) is 15.8. The Morgan fingerprint density at radius 1 is 1.33 bits per heavy atom. The highest BCUT2D eigenvalue weighted by atomic mass is 79.9. The second-order valence-corrected chi connectivity index (χ2v) is 6.11. The highest BCUT2D eigenvalue weighted by Crippen LogP contribution is 2.44. The van der Waals surface area contributed by atoms with Crippen LogP contribution in [0.15, 0.2) is 16.6 Å². The van der Waals surface area contributed by atoms with Crippen LogP contribution in [0, 0.1) is 6.92 Å². The van der Waals surface area contributed by atoms with Gasteiger partial charge in [0.15, 0.2) is 0 Å². The third-order valence-corrected chi connectivity index (χ3v) is 4.36. The SMILES string of the molecule is Cc1c(Br)ccc2c1-c1c(nnn1C)C(C)(C)N2. The van der Waals surface area contributed by atoms with Crippen LogP contribution in [-0.2, 0) is 12.6 Å². The summed E-state index contributed by atoms with van der Waals surface area (Å²) in [6.45, 7) is 6.36. The zero-order valence-electron chi connectivity index (χ0n) is 10.9. The van der Waals surface area contributed by atoms with Gasteiger partial charge in [-0.3, -0.25) is 0 Å². The molecule has 0 radical (unpaired) electrons. The van der Waals surface area contributed by atoms with E-state index in [0.717, 1.165) is 21.5 Å². The minimum absolute atomic E-state index is 0.198. The topological polar surface area (TPSA) is 42.7 Å². The number of hydrogen-bond donors (Lipinski definition) is 1. The molecule has 1 aromatic carbocycles. The number of benzene rings is 1. The number of hydrogen-bond acceptors (Lipinski definition) is 3. The Labute approximate surface area is 115 Å². The second-order valence-electron chi connectivity index (χ2n) is 5.26. The molecule has 2 aromatic rings. The first-order chi connectivity index (χ1) is 8.42. The van der Waals surface area contributed by atoms with E-state index in [0.29, 0.717) is 0 Å². The van der Waals surface area contributed by atoms with E-state index in [-0.39, 0.29) is 5.54 Å². The number of nitrogens with zero attached hydrogens (tertiary/aromatic N) is 3. The zero-order valence-corrected chi connectivity index (χ0v) is 12.5. The molecule has 1 aliphatic rings. The highest BCUT2D eigenvalue weighted by molar-refractivity contribution is 9.10. The van der Waals surface area contributed by atoms with Gasteiger partial charge in [0.1, 0.15) is 5.69 Å². The van der Waals surface area contributed by atoms with Crippen LogP contribution in [0.5, 0.6) is 0 Å². The Bertz CT molecular complexity index is 643. The van der Waals surface area contributed by atoms with Crippen molar-refractivity contribution in [3.05, 3.63) is 27.9 Å². The van der Waals surface area contributed by atoms with Crippen molar-refractivity contribution in [2.24, 2.45) is 7.05 Å². The smallest absolute Gasteiger partial charge is 0.115 e. The van der Waals surface area contributed by atoms with Crippen LogP contribution in [0.3, 0.4) is 0 Å². The van der Waals surface area contributed by atoms with Gasteiger partial charge in [0.05, 0.1) is 11.2 Å². The van der Waals surface area contributed by atoms with E-state index in [1.54, 1.807) is 0 Å². The first kappa shape index (κ1) is 11.7. The second kappa shape index (κ2) is 3.57. The lowest BCUT2D eigenvalue weighted by molar-refractivity contribution is 0.581. The molecule has 0 saturated carbocycles. The molecule has 0 bridgehead atoms. The molecule has 1 aromatic heterocycles. The summed E-state index contributed by atoms with van der Waals surface area (Å²) >= 11 is 3.59. The largest absolute Gasteiger partial charge is 0.374 e. The van der Waals surface area contributed by atoms with E-state index < -0.39 is 0 Å². The van der Waals surface area contributed by atoms with Crippen molar-refractivity contribution in [3.8, 4) is 11.3 Å². The van der Waals surface area contributed by atoms with Gasteiger partial charge in [-0.05, 0) is 38.5 Å². The van der Waals surface area contributed by atoms with Gasteiger partial charge >= 0.3 is 0 Å². The summed E-state index contributed by atoms with van der Waals surface area (Å²) < 4.78 is 2.96. The first-order valence-electron chi connectivity index (χ1n) is 5.89. The summed E-state index contributed by atoms with van der Waals surface area (Å²) in [6.07, 6.45) is 0. The molecule has 0 atom stereocenters. The van der Waals surface area contributed by atoms with Gasteiger partial charge in [-0.25, -0.2) is 4.68 Å². The van der Waals surface area contributed by atoms with Gasteiger partial charge in [-0.1, -0.05) is 21.1 Å². The van der Waals surface area contributed by atoms with Crippen LogP contribution in [0.2, 0.25) is 0 Å². The molecule has 1 aliphatic heterocycles. The van der Waals surface area contributed by atoms with Crippen molar-refractivity contribution in [1.29, 1.82) is 0 Å². The van der Waals surface area contributed by atoms with Crippen molar-refractivity contribution >= 4 is 21.6 Å². The van der Waals surface area contributed by atoms with Gasteiger partial charge in [0.25, 0.3) is 0 Å². The Morgan fingerprint density at radius 2 is 2.06 bits per heavy atom. The molecule has 0 unspecified atom stereocenters. The number of anilines is 1. The molecule has 5 heteroatoms. The molecule has 1 N–H and O–H groups in total. The van der Waals surface area contributed by atoms with E-state index in [2.05, 4.69) is 64.5 Å². The van der Waals surface area contributed by atoms with Crippen molar-refractivity contribution < 1.29 is 0 Å². The predicted octanol–water partition coefficient (Wildman–Crippen LogP) is 3.21. The Balaban J connectivity index is 2.40. The third-order valence-electron chi connectivity index (χ3n) is 3.50. The van der Waals surface area contributed by atoms with E-state index in [4.69, 9.17) is 0 Å². The molecule has 3 rings (SSSR count). The number of aromatic nitrogens is 3. The monoisotopic (exact) mass is 306 g/mol. The van der Waals surface area contributed by atoms with E-state index in [1.165, 1.54) is 11.1 Å². The number of rotatable bonds is 0. The lowest BCUT2D eigenvalue weighted by atomic mass is 9.88. The van der Waals surface area contributed by atoms with Gasteiger partial charge < -0.3 is 5.32 Å². The summed E-state index contributed by atoms with van der Waals surface area (Å²) in [5.41, 5.74) is 5.44. The maximum Gasteiger partial charge on any atom is 0.115 e. The Kier molecular flexibility index (Phi) is 2.32. The fourth-order valence-corrected chi connectivity index (χ4v) is 2.88. The number of nitrogens with one attached hydrogen (secondary N) is 1. The number of fused-ring (bicyclic) bond motifs is 3. The quantitative estimate of drug-likeness (QED) is 0.812. The van der Waals surface area contributed by atoms with Crippen LogP contribution < -0.4 is 5.32 Å². The zero-order chi connectivity index (χ0) is 13.1. The molecular formula is C13H15BrN4. The third kappa shape index (κ3) is 1.43. The number of halogens is 1. The fourth-order valence-electron chi connectivity index (χ4n) is 2.55. The summed E-state index contributed by atoms with van der Waals surface area (Å²) in [5.74, 6) is 0. The van der Waals surface area contributed by atoms with Gasteiger partial charge in [0.2, 0.25) is 0 Å². The van der Waals surface area contributed by atoms with E-state index in [1.807, 2.05) is 11.7 Å². The molecule has 0 amide bonds. The molecule has 0 spiro atoms. The maximum atomic E-state index is 4.31. The Hall–Kier alpha value is -1.36. The molecule has 0 saturated heterocycles. The first-order valence-corrected chi connectivity index (χ1v) is 6.69. The molecule has 4 nitrogen and oxygen atoms in total. The minimum atomic E-state index is -0.198. The molecular weight excluding hydrogens is 292 g/mol.